The number of nitrogens with zero attached hydrogens (tertiary/aromatic N) is 1. The zero-order chi connectivity index (χ0) is 11.5. The van der Waals surface area contributed by atoms with Gasteiger partial charge in [0, 0.05) is 0 Å². The number of thiocarbonyl (C=S) groups is 1. The first-order valence-electron chi connectivity index (χ1n) is 5.06. The molecule has 1 amide bonds. The van der Waals surface area contributed by atoms with E-state index in [0.717, 1.165) is 0 Å². The first kappa shape index (κ1) is 10.9. The van der Waals surface area contributed by atoms with Gasteiger partial charge in [0.15, 0.2) is 5.11 Å². The molecule has 2 rings (SSSR count). The number of anilines is 1. The summed E-state index contributed by atoms with van der Waals surface area (Å²) in [5.41, 5.74) is 0.698. The molecule has 1 N–H and O–H groups in total. The average molecular weight is 236 g/mol. The first-order chi connectivity index (χ1) is 7.74. The minimum atomic E-state index is -0.0582. The monoisotopic (exact) mass is 236 g/mol. The number of ether oxygens (including phenoxy) is 1. The summed E-state index contributed by atoms with van der Waals surface area (Å²) in [6, 6.07) is 7.37. The first-order valence-corrected chi connectivity index (χ1v) is 5.47. The fourth-order valence-corrected chi connectivity index (χ4v) is 1.86. The van der Waals surface area contributed by atoms with Gasteiger partial charge < -0.3 is 10.1 Å². The number of carbonyl (C=O) groups excluding carboxylic acids is 1. The highest BCUT2D eigenvalue weighted by Gasteiger charge is 2.28. The third-order valence-corrected chi connectivity index (χ3v) is 2.58. The Bertz CT molecular complexity index is 418. The highest BCUT2D eigenvalue weighted by molar-refractivity contribution is 7.80. The van der Waals surface area contributed by atoms with Crippen molar-refractivity contribution in [1.82, 2.24) is 5.32 Å². The summed E-state index contributed by atoms with van der Waals surface area (Å²) < 4.78 is 5.46. The standard InChI is InChI=1S/C11H12N2O2S/c1-2-15-9-6-4-3-5-8(9)13-10(14)7-12-11(13)16/h3-6H,2,7H2,1H3,(H,12,16). The quantitative estimate of drug-likeness (QED) is 0.803. The van der Waals surface area contributed by atoms with Crippen molar-refractivity contribution in [3.8, 4) is 5.75 Å². The molecular weight excluding hydrogens is 224 g/mol. The van der Waals surface area contributed by atoms with Gasteiger partial charge in [-0.15, -0.1) is 0 Å². The van der Waals surface area contributed by atoms with E-state index in [2.05, 4.69) is 5.32 Å². The van der Waals surface area contributed by atoms with Gasteiger partial charge in [0.05, 0.1) is 18.8 Å². The van der Waals surface area contributed by atoms with Gasteiger partial charge in [0.1, 0.15) is 5.75 Å². The van der Waals surface area contributed by atoms with E-state index < -0.39 is 0 Å². The molecule has 0 bridgehead atoms. The Morgan fingerprint density at radius 2 is 2.25 bits per heavy atom. The van der Waals surface area contributed by atoms with Crippen LogP contribution in [0.3, 0.4) is 0 Å². The summed E-state index contributed by atoms with van der Waals surface area (Å²) in [7, 11) is 0. The van der Waals surface area contributed by atoms with Crippen molar-refractivity contribution in [1.29, 1.82) is 0 Å². The molecule has 0 saturated carbocycles. The van der Waals surface area contributed by atoms with Crippen molar-refractivity contribution < 1.29 is 9.53 Å². The molecule has 0 atom stereocenters. The highest BCUT2D eigenvalue weighted by atomic mass is 32.1. The number of benzene rings is 1. The summed E-state index contributed by atoms with van der Waals surface area (Å²) >= 11 is 5.08. The van der Waals surface area contributed by atoms with Crippen LogP contribution in [0.4, 0.5) is 5.69 Å². The molecule has 1 aliphatic heterocycles. The molecule has 1 saturated heterocycles. The molecule has 0 aliphatic carbocycles. The smallest absolute Gasteiger partial charge is 0.252 e. The van der Waals surface area contributed by atoms with Crippen LogP contribution < -0.4 is 15.0 Å². The normalized spacial score (nSPS) is 15.2. The van der Waals surface area contributed by atoms with Crippen LogP contribution in [0.5, 0.6) is 5.75 Å². The van der Waals surface area contributed by atoms with Gasteiger partial charge in [-0.05, 0) is 31.3 Å². The van der Waals surface area contributed by atoms with E-state index >= 15 is 0 Å². The van der Waals surface area contributed by atoms with Crippen LogP contribution >= 0.6 is 12.2 Å². The molecule has 4 nitrogen and oxygen atoms in total. The van der Waals surface area contributed by atoms with Crippen molar-refractivity contribution in [2.45, 2.75) is 6.92 Å². The Kier molecular flexibility index (Phi) is 3.05. The lowest BCUT2D eigenvalue weighted by Crippen LogP contribution is -2.30. The second kappa shape index (κ2) is 4.49. The molecule has 0 unspecified atom stereocenters. The fourth-order valence-electron chi connectivity index (χ4n) is 1.59. The summed E-state index contributed by atoms with van der Waals surface area (Å²) in [5.74, 6) is 0.613. The Labute approximate surface area is 99.2 Å². The number of carbonyl (C=O) groups is 1. The minimum Gasteiger partial charge on any atom is -0.492 e. The summed E-state index contributed by atoms with van der Waals surface area (Å²) in [5, 5.41) is 3.27. The maximum absolute atomic E-state index is 11.7. The van der Waals surface area contributed by atoms with E-state index in [1.807, 2.05) is 31.2 Å². The van der Waals surface area contributed by atoms with Crippen molar-refractivity contribution in [3.63, 3.8) is 0 Å². The largest absolute Gasteiger partial charge is 0.492 e. The van der Waals surface area contributed by atoms with E-state index in [-0.39, 0.29) is 12.5 Å². The maximum Gasteiger partial charge on any atom is 0.252 e. The SMILES string of the molecule is CCOc1ccccc1N1C(=O)CNC1=S. The van der Waals surface area contributed by atoms with E-state index in [4.69, 9.17) is 17.0 Å². The van der Waals surface area contributed by atoms with Crippen LogP contribution in [-0.4, -0.2) is 24.2 Å². The third-order valence-electron chi connectivity index (χ3n) is 2.25. The zero-order valence-corrected chi connectivity index (χ0v) is 9.71. The average Bonchev–Trinajstić information content (AvgIpc) is 2.60. The minimum absolute atomic E-state index is 0.0582. The maximum atomic E-state index is 11.7. The number of hydrogen-bond donors (Lipinski definition) is 1. The Balaban J connectivity index is 2.38. The summed E-state index contributed by atoms with van der Waals surface area (Å²) in [6.07, 6.45) is 0. The van der Waals surface area contributed by atoms with Gasteiger partial charge >= 0.3 is 0 Å². The number of para-hydroxylation sites is 2. The molecule has 16 heavy (non-hydrogen) atoms. The lowest BCUT2D eigenvalue weighted by molar-refractivity contribution is -0.115. The highest BCUT2D eigenvalue weighted by Crippen LogP contribution is 2.29. The van der Waals surface area contributed by atoms with Crippen LogP contribution in [0.1, 0.15) is 6.92 Å². The second-order valence-electron chi connectivity index (χ2n) is 3.29. The topological polar surface area (TPSA) is 41.6 Å². The molecule has 0 spiro atoms. The number of nitrogens with one attached hydrogen (secondary N) is 1. The fraction of sp³-hybridized carbons (Fsp3) is 0.273. The molecular formula is C11H12N2O2S. The molecule has 1 heterocycles. The Hall–Kier alpha value is -1.62. The summed E-state index contributed by atoms with van der Waals surface area (Å²) in [4.78, 5) is 13.1. The number of amides is 1. The van der Waals surface area contributed by atoms with Gasteiger partial charge in [0.2, 0.25) is 0 Å². The predicted octanol–water partition coefficient (Wildman–Crippen LogP) is 1.31. The van der Waals surface area contributed by atoms with Gasteiger partial charge in [-0.1, -0.05) is 12.1 Å². The van der Waals surface area contributed by atoms with Crippen molar-refractivity contribution in [2.75, 3.05) is 18.1 Å². The Morgan fingerprint density at radius 1 is 1.50 bits per heavy atom. The van der Waals surface area contributed by atoms with Crippen LogP contribution in [0, 0.1) is 0 Å². The van der Waals surface area contributed by atoms with E-state index in [1.54, 1.807) is 0 Å². The number of rotatable bonds is 3. The lowest BCUT2D eigenvalue weighted by Gasteiger charge is -2.18. The zero-order valence-electron chi connectivity index (χ0n) is 8.90. The predicted molar refractivity (Wildman–Crippen MR) is 65.7 cm³/mol. The van der Waals surface area contributed by atoms with Crippen molar-refractivity contribution in [3.05, 3.63) is 24.3 Å². The van der Waals surface area contributed by atoms with E-state index in [0.29, 0.717) is 23.2 Å². The van der Waals surface area contributed by atoms with Gasteiger partial charge in [-0.3, -0.25) is 9.69 Å². The second-order valence-corrected chi connectivity index (χ2v) is 3.68. The van der Waals surface area contributed by atoms with Crippen LogP contribution in [0.25, 0.3) is 0 Å². The summed E-state index contributed by atoms with van der Waals surface area (Å²) in [6.45, 7) is 2.71. The van der Waals surface area contributed by atoms with E-state index in [9.17, 15) is 4.79 Å². The lowest BCUT2D eigenvalue weighted by atomic mass is 10.2. The van der Waals surface area contributed by atoms with Crippen LogP contribution in [0.15, 0.2) is 24.3 Å². The molecule has 1 aromatic rings. The van der Waals surface area contributed by atoms with Gasteiger partial charge in [0.25, 0.3) is 5.91 Å². The van der Waals surface area contributed by atoms with Crippen molar-refractivity contribution in [2.24, 2.45) is 0 Å². The molecule has 84 valence electrons. The Morgan fingerprint density at radius 3 is 2.88 bits per heavy atom. The molecule has 1 fully saturated rings. The molecule has 0 radical (unpaired) electrons. The van der Waals surface area contributed by atoms with E-state index in [1.165, 1.54) is 4.90 Å². The molecule has 1 aromatic carbocycles. The third kappa shape index (κ3) is 1.86. The molecule has 0 aromatic heterocycles. The van der Waals surface area contributed by atoms with Gasteiger partial charge in [-0.2, -0.15) is 0 Å². The molecule has 5 heteroatoms. The van der Waals surface area contributed by atoms with Gasteiger partial charge in [-0.25, -0.2) is 0 Å². The van der Waals surface area contributed by atoms with Crippen LogP contribution in [-0.2, 0) is 4.79 Å². The van der Waals surface area contributed by atoms with Crippen LogP contribution in [0.2, 0.25) is 0 Å². The van der Waals surface area contributed by atoms with Crippen molar-refractivity contribution >= 4 is 28.9 Å². The molecule has 1 aliphatic rings. The number of hydrogen-bond acceptors (Lipinski definition) is 3.